The van der Waals surface area contributed by atoms with Crippen molar-refractivity contribution in [1.82, 2.24) is 5.32 Å². The van der Waals surface area contributed by atoms with Gasteiger partial charge in [0.15, 0.2) is 0 Å². The number of aryl methyl sites for hydroxylation is 1. The molecule has 2 aromatic carbocycles. The van der Waals surface area contributed by atoms with Gasteiger partial charge in [-0.05, 0) is 43.5 Å². The van der Waals surface area contributed by atoms with Crippen LogP contribution in [-0.4, -0.2) is 25.5 Å². The number of nitrogens with two attached hydrogens (primary N) is 1. The molecule has 1 amide bonds. The number of para-hydroxylation sites is 2. The summed E-state index contributed by atoms with van der Waals surface area (Å²) in [5.74, 6) is 0.0843. The van der Waals surface area contributed by atoms with E-state index in [9.17, 15) is 4.79 Å². The lowest BCUT2D eigenvalue weighted by Crippen LogP contribution is -2.30. The van der Waals surface area contributed by atoms with Crippen LogP contribution in [0.5, 0.6) is 0 Å². The number of nitrogens with one attached hydrogen (secondary N) is 1. The molecular formula is C20H27N3O. The Labute approximate surface area is 144 Å². The predicted octanol–water partition coefficient (Wildman–Crippen LogP) is 3.23. The number of hydrogen-bond acceptors (Lipinski definition) is 3. The summed E-state index contributed by atoms with van der Waals surface area (Å²) in [7, 11) is 0. The molecule has 0 aliphatic heterocycles. The van der Waals surface area contributed by atoms with Crippen molar-refractivity contribution in [3.8, 4) is 0 Å². The summed E-state index contributed by atoms with van der Waals surface area (Å²) in [6, 6.07) is 18.1. The molecule has 0 fully saturated rings. The number of benzene rings is 2. The first-order chi connectivity index (χ1) is 11.7. The van der Waals surface area contributed by atoms with Crippen LogP contribution in [0.25, 0.3) is 0 Å². The number of nitrogens with zero attached hydrogens (tertiary/aromatic N) is 1. The number of carbonyl (C=O) groups is 1. The molecule has 2 aromatic rings. The molecular weight excluding hydrogens is 298 g/mol. The average molecular weight is 325 g/mol. The van der Waals surface area contributed by atoms with Crippen molar-refractivity contribution in [1.29, 1.82) is 0 Å². The first-order valence-electron chi connectivity index (χ1n) is 8.60. The van der Waals surface area contributed by atoms with E-state index in [0.717, 1.165) is 30.8 Å². The molecule has 0 atom stereocenters. The number of rotatable bonds is 9. The van der Waals surface area contributed by atoms with Gasteiger partial charge in [-0.15, -0.1) is 0 Å². The third kappa shape index (κ3) is 5.61. The van der Waals surface area contributed by atoms with Gasteiger partial charge in [0.25, 0.3) is 0 Å². The highest BCUT2D eigenvalue weighted by Gasteiger charge is 2.06. The largest absolute Gasteiger partial charge is 0.399 e. The van der Waals surface area contributed by atoms with Gasteiger partial charge < -0.3 is 16.0 Å². The maximum atomic E-state index is 11.9. The van der Waals surface area contributed by atoms with E-state index in [1.807, 2.05) is 30.3 Å². The van der Waals surface area contributed by atoms with Crippen molar-refractivity contribution in [3.05, 3.63) is 60.2 Å². The van der Waals surface area contributed by atoms with Gasteiger partial charge in [0.2, 0.25) is 5.91 Å². The standard InChI is InChI=1S/C20H27N3O/c1-2-23(18-10-4-3-5-11-18)16-8-15-22-20(24)14-13-17-9-6-7-12-19(17)21/h3-7,9-12H,2,8,13-16,21H2,1H3,(H,22,24). The fourth-order valence-corrected chi connectivity index (χ4v) is 2.70. The van der Waals surface area contributed by atoms with Crippen molar-refractivity contribution in [3.63, 3.8) is 0 Å². The van der Waals surface area contributed by atoms with Crippen LogP contribution in [0.1, 0.15) is 25.3 Å². The molecule has 24 heavy (non-hydrogen) atoms. The number of carbonyl (C=O) groups excluding carboxylic acids is 1. The predicted molar refractivity (Wildman–Crippen MR) is 101 cm³/mol. The Hall–Kier alpha value is -2.49. The molecule has 0 aliphatic rings. The molecule has 4 nitrogen and oxygen atoms in total. The SMILES string of the molecule is CCN(CCCNC(=O)CCc1ccccc1N)c1ccccc1. The van der Waals surface area contributed by atoms with Gasteiger partial charge in [0.05, 0.1) is 0 Å². The fraction of sp³-hybridized carbons (Fsp3) is 0.350. The lowest BCUT2D eigenvalue weighted by atomic mass is 10.1. The Balaban J connectivity index is 1.66. The summed E-state index contributed by atoms with van der Waals surface area (Å²) < 4.78 is 0. The third-order valence-corrected chi connectivity index (χ3v) is 4.11. The number of anilines is 2. The Bertz CT molecular complexity index is 628. The van der Waals surface area contributed by atoms with Crippen LogP contribution in [0, 0.1) is 0 Å². The van der Waals surface area contributed by atoms with E-state index in [4.69, 9.17) is 5.73 Å². The summed E-state index contributed by atoms with van der Waals surface area (Å²) in [6.07, 6.45) is 2.09. The highest BCUT2D eigenvalue weighted by molar-refractivity contribution is 5.76. The highest BCUT2D eigenvalue weighted by atomic mass is 16.1. The monoisotopic (exact) mass is 325 g/mol. The van der Waals surface area contributed by atoms with E-state index >= 15 is 0 Å². The van der Waals surface area contributed by atoms with Gasteiger partial charge >= 0.3 is 0 Å². The minimum absolute atomic E-state index is 0.0843. The number of nitrogen functional groups attached to an aromatic ring is 1. The smallest absolute Gasteiger partial charge is 0.220 e. The maximum absolute atomic E-state index is 11.9. The van der Waals surface area contributed by atoms with Crippen molar-refractivity contribution in [2.24, 2.45) is 0 Å². The van der Waals surface area contributed by atoms with E-state index in [1.165, 1.54) is 5.69 Å². The maximum Gasteiger partial charge on any atom is 0.220 e. The molecule has 0 aliphatic carbocycles. The van der Waals surface area contributed by atoms with Crippen molar-refractivity contribution < 1.29 is 4.79 Å². The number of hydrogen-bond donors (Lipinski definition) is 2. The Morgan fingerprint density at radius 2 is 1.79 bits per heavy atom. The molecule has 0 radical (unpaired) electrons. The zero-order chi connectivity index (χ0) is 17.2. The molecule has 2 rings (SSSR count). The summed E-state index contributed by atoms with van der Waals surface area (Å²) >= 11 is 0. The van der Waals surface area contributed by atoms with Crippen LogP contribution in [0.15, 0.2) is 54.6 Å². The molecule has 0 spiro atoms. The molecule has 3 N–H and O–H groups in total. The molecule has 0 heterocycles. The summed E-state index contributed by atoms with van der Waals surface area (Å²) in [5, 5.41) is 3.00. The summed E-state index contributed by atoms with van der Waals surface area (Å²) in [5.41, 5.74) is 8.92. The second-order valence-electron chi connectivity index (χ2n) is 5.82. The highest BCUT2D eigenvalue weighted by Crippen LogP contribution is 2.13. The molecule has 0 unspecified atom stereocenters. The van der Waals surface area contributed by atoms with E-state index in [-0.39, 0.29) is 5.91 Å². The van der Waals surface area contributed by atoms with E-state index < -0.39 is 0 Å². The third-order valence-electron chi connectivity index (χ3n) is 4.11. The molecule has 128 valence electrons. The van der Waals surface area contributed by atoms with E-state index in [2.05, 4.69) is 41.4 Å². The quantitative estimate of drug-likeness (QED) is 0.550. The second kappa shape index (κ2) is 9.60. The zero-order valence-electron chi connectivity index (χ0n) is 14.4. The van der Waals surface area contributed by atoms with Crippen LogP contribution >= 0.6 is 0 Å². The normalized spacial score (nSPS) is 10.4. The van der Waals surface area contributed by atoms with Crippen LogP contribution in [0.3, 0.4) is 0 Å². The number of amides is 1. The Morgan fingerprint density at radius 1 is 1.08 bits per heavy atom. The van der Waals surface area contributed by atoms with Gasteiger partial charge in [0, 0.05) is 37.4 Å². The van der Waals surface area contributed by atoms with E-state index in [1.54, 1.807) is 0 Å². The van der Waals surface area contributed by atoms with Crippen molar-refractivity contribution in [2.45, 2.75) is 26.2 Å². The van der Waals surface area contributed by atoms with Gasteiger partial charge in [-0.25, -0.2) is 0 Å². The van der Waals surface area contributed by atoms with Crippen molar-refractivity contribution in [2.75, 3.05) is 30.3 Å². The van der Waals surface area contributed by atoms with Crippen LogP contribution in [-0.2, 0) is 11.2 Å². The van der Waals surface area contributed by atoms with Gasteiger partial charge in [0.1, 0.15) is 0 Å². The molecule has 0 aromatic heterocycles. The average Bonchev–Trinajstić information content (AvgIpc) is 2.62. The van der Waals surface area contributed by atoms with Gasteiger partial charge in [-0.1, -0.05) is 36.4 Å². The van der Waals surface area contributed by atoms with Crippen LogP contribution in [0.4, 0.5) is 11.4 Å². The lowest BCUT2D eigenvalue weighted by molar-refractivity contribution is -0.121. The van der Waals surface area contributed by atoms with Crippen molar-refractivity contribution >= 4 is 17.3 Å². The topological polar surface area (TPSA) is 58.4 Å². The van der Waals surface area contributed by atoms with E-state index in [0.29, 0.717) is 19.4 Å². The van der Waals surface area contributed by atoms with Crippen LogP contribution < -0.4 is 16.0 Å². The first kappa shape index (κ1) is 17.9. The second-order valence-corrected chi connectivity index (χ2v) is 5.82. The minimum Gasteiger partial charge on any atom is -0.399 e. The molecule has 4 heteroatoms. The summed E-state index contributed by atoms with van der Waals surface area (Å²) in [4.78, 5) is 14.3. The van der Waals surface area contributed by atoms with Crippen LogP contribution in [0.2, 0.25) is 0 Å². The molecule has 0 saturated heterocycles. The summed E-state index contributed by atoms with van der Waals surface area (Å²) in [6.45, 7) is 4.75. The Morgan fingerprint density at radius 3 is 2.50 bits per heavy atom. The Kier molecular flexibility index (Phi) is 7.15. The fourth-order valence-electron chi connectivity index (χ4n) is 2.70. The van der Waals surface area contributed by atoms with Gasteiger partial charge in [-0.2, -0.15) is 0 Å². The molecule has 0 saturated carbocycles. The van der Waals surface area contributed by atoms with Gasteiger partial charge in [-0.3, -0.25) is 4.79 Å². The lowest BCUT2D eigenvalue weighted by Gasteiger charge is -2.23. The molecule has 0 bridgehead atoms. The first-order valence-corrected chi connectivity index (χ1v) is 8.60. The minimum atomic E-state index is 0.0843. The zero-order valence-corrected chi connectivity index (χ0v) is 14.4.